The molecule has 0 saturated heterocycles. The summed E-state index contributed by atoms with van der Waals surface area (Å²) in [5.41, 5.74) is 0.473. The fourth-order valence-corrected chi connectivity index (χ4v) is 1.33. The molecule has 0 heterocycles. The zero-order valence-corrected chi connectivity index (χ0v) is 11.8. The average molecular weight is 241 g/mol. The van der Waals surface area contributed by atoms with Gasteiger partial charge in [0.15, 0.2) is 0 Å². The van der Waals surface area contributed by atoms with Gasteiger partial charge in [-0.1, -0.05) is 19.4 Å². The zero-order valence-electron chi connectivity index (χ0n) is 11.8. The number of ether oxygens (including phenoxy) is 1. The predicted octanol–water partition coefficient (Wildman–Crippen LogP) is 2.58. The fraction of sp³-hybridized carbons (Fsp3) is 0.714. The molecule has 0 bridgehead atoms. The van der Waals surface area contributed by atoms with Gasteiger partial charge in [0.2, 0.25) is 0 Å². The van der Waals surface area contributed by atoms with E-state index in [4.69, 9.17) is 4.74 Å². The lowest BCUT2D eigenvalue weighted by Crippen LogP contribution is -2.35. The van der Waals surface area contributed by atoms with Gasteiger partial charge < -0.3 is 9.22 Å². The van der Waals surface area contributed by atoms with Crippen molar-refractivity contribution in [1.82, 2.24) is 0 Å². The number of carbonyl (C=O) groups excluding carboxylic acids is 1. The van der Waals surface area contributed by atoms with Crippen molar-refractivity contribution in [2.24, 2.45) is 0 Å². The molecule has 0 amide bonds. The summed E-state index contributed by atoms with van der Waals surface area (Å²) in [6.45, 7) is 6.82. The van der Waals surface area contributed by atoms with Crippen LogP contribution in [0.15, 0.2) is 12.2 Å². The van der Waals surface area contributed by atoms with E-state index in [-0.39, 0.29) is 5.97 Å². The average Bonchev–Trinajstić information content (AvgIpc) is 2.19. The van der Waals surface area contributed by atoms with Gasteiger partial charge in [0.25, 0.3) is 0 Å². The molecule has 0 fully saturated rings. The lowest BCUT2D eigenvalue weighted by atomic mass is 10.1. The van der Waals surface area contributed by atoms with E-state index >= 15 is 0 Å². The molecule has 99 valence electrons. The van der Waals surface area contributed by atoms with Crippen LogP contribution < -0.4 is 0 Å². The first-order chi connectivity index (χ1) is 7.83. The molecule has 0 rings (SSSR count). The molecular formula is C14H27NO2+. The van der Waals surface area contributed by atoms with Crippen molar-refractivity contribution in [2.45, 2.75) is 32.6 Å². The molecule has 3 heteroatoms. The standard InChI is InChI=1S/C14H27NO2/c1-13(2)14(16)17-12-10-8-6-7-9-11-15(3,4)5/h9H,1,6-8,10-12H2,2-5H3/q+1. The highest BCUT2D eigenvalue weighted by Crippen LogP contribution is 2.05. The molecule has 0 aromatic heterocycles. The number of carbonyl (C=O) groups is 1. The lowest BCUT2D eigenvalue weighted by Gasteiger charge is -2.23. The molecule has 0 aliphatic rings. The van der Waals surface area contributed by atoms with Gasteiger partial charge in [0, 0.05) is 12.0 Å². The first-order valence-corrected chi connectivity index (χ1v) is 6.27. The van der Waals surface area contributed by atoms with Gasteiger partial charge in [0.05, 0.1) is 34.3 Å². The van der Waals surface area contributed by atoms with Crippen LogP contribution in [0.5, 0.6) is 0 Å². The van der Waals surface area contributed by atoms with Crippen LogP contribution in [0.25, 0.3) is 0 Å². The van der Waals surface area contributed by atoms with E-state index in [9.17, 15) is 4.79 Å². The molecule has 0 atom stereocenters. The molecule has 0 saturated carbocycles. The van der Waals surface area contributed by atoms with Crippen molar-refractivity contribution in [2.75, 3.05) is 34.3 Å². The van der Waals surface area contributed by atoms with E-state index in [0.717, 1.165) is 30.3 Å². The normalized spacial score (nSPS) is 11.3. The van der Waals surface area contributed by atoms with Gasteiger partial charge in [-0.3, -0.25) is 0 Å². The minimum absolute atomic E-state index is 0.276. The Morgan fingerprint density at radius 1 is 1.24 bits per heavy atom. The molecule has 3 nitrogen and oxygen atoms in total. The molecule has 0 aliphatic heterocycles. The van der Waals surface area contributed by atoms with Crippen LogP contribution in [-0.4, -0.2) is 44.7 Å². The Kier molecular flexibility index (Phi) is 7.88. The number of rotatable bonds is 9. The Bertz CT molecular complexity index is 241. The van der Waals surface area contributed by atoms with E-state index in [1.165, 1.54) is 6.42 Å². The predicted molar refractivity (Wildman–Crippen MR) is 71.4 cm³/mol. The second-order valence-electron chi connectivity index (χ2n) is 5.53. The summed E-state index contributed by atoms with van der Waals surface area (Å²) in [6.07, 6.45) is 6.70. The van der Waals surface area contributed by atoms with Crippen LogP contribution >= 0.6 is 0 Å². The Hall–Kier alpha value is -0.830. The summed E-state index contributed by atoms with van der Waals surface area (Å²) < 4.78 is 5.99. The largest absolute Gasteiger partial charge is 0.462 e. The van der Waals surface area contributed by atoms with E-state index < -0.39 is 0 Å². The van der Waals surface area contributed by atoms with Crippen LogP contribution in [0.2, 0.25) is 0 Å². The van der Waals surface area contributed by atoms with Gasteiger partial charge in [0.1, 0.15) is 0 Å². The number of nitrogens with zero attached hydrogens (tertiary/aromatic N) is 1. The Labute approximate surface area is 106 Å². The molecule has 0 spiro atoms. The molecule has 0 unspecified atom stereocenters. The second kappa shape index (κ2) is 8.29. The van der Waals surface area contributed by atoms with Gasteiger partial charge in [-0.25, -0.2) is 4.79 Å². The van der Waals surface area contributed by atoms with E-state index in [0.29, 0.717) is 12.2 Å². The first kappa shape index (κ1) is 16.2. The van der Waals surface area contributed by atoms with E-state index in [2.05, 4.69) is 34.1 Å². The van der Waals surface area contributed by atoms with Crippen LogP contribution in [0.1, 0.15) is 32.6 Å². The summed E-state index contributed by atoms with van der Waals surface area (Å²) in [6, 6.07) is 0. The summed E-state index contributed by atoms with van der Waals surface area (Å²) in [7, 11) is 6.56. The van der Waals surface area contributed by atoms with Gasteiger partial charge in [-0.05, 0) is 19.8 Å². The number of unbranched alkanes of at least 4 members (excludes halogenated alkanes) is 4. The van der Waals surface area contributed by atoms with Gasteiger partial charge in [-0.15, -0.1) is 0 Å². The highest BCUT2D eigenvalue weighted by molar-refractivity contribution is 5.86. The third-order valence-corrected chi connectivity index (χ3v) is 2.31. The Morgan fingerprint density at radius 2 is 1.88 bits per heavy atom. The number of esters is 1. The first-order valence-electron chi connectivity index (χ1n) is 6.27. The van der Waals surface area contributed by atoms with Crippen molar-refractivity contribution in [3.05, 3.63) is 18.6 Å². The summed E-state index contributed by atoms with van der Waals surface area (Å²) in [4.78, 5) is 11.1. The maximum atomic E-state index is 11.1. The molecule has 1 radical (unpaired) electrons. The van der Waals surface area contributed by atoms with Crippen molar-refractivity contribution in [3.8, 4) is 0 Å². The SMILES string of the molecule is C=C(C)C(=O)OCCCCC[CH]C[N+](C)(C)C. The van der Waals surface area contributed by atoms with Crippen LogP contribution in [-0.2, 0) is 9.53 Å². The molecular weight excluding hydrogens is 214 g/mol. The highest BCUT2D eigenvalue weighted by atomic mass is 16.5. The minimum Gasteiger partial charge on any atom is -0.462 e. The third-order valence-electron chi connectivity index (χ3n) is 2.31. The monoisotopic (exact) mass is 241 g/mol. The maximum absolute atomic E-state index is 11.1. The zero-order chi connectivity index (χ0) is 13.3. The van der Waals surface area contributed by atoms with E-state index in [1.54, 1.807) is 6.92 Å². The van der Waals surface area contributed by atoms with Crippen molar-refractivity contribution >= 4 is 5.97 Å². The van der Waals surface area contributed by atoms with Crippen molar-refractivity contribution in [3.63, 3.8) is 0 Å². The summed E-state index contributed by atoms with van der Waals surface area (Å²) in [5.74, 6) is -0.276. The maximum Gasteiger partial charge on any atom is 0.333 e. The molecule has 0 aromatic carbocycles. The van der Waals surface area contributed by atoms with Gasteiger partial charge in [-0.2, -0.15) is 0 Å². The molecule has 0 aromatic rings. The van der Waals surface area contributed by atoms with Gasteiger partial charge >= 0.3 is 5.97 Å². The highest BCUT2D eigenvalue weighted by Gasteiger charge is 2.05. The summed E-state index contributed by atoms with van der Waals surface area (Å²) >= 11 is 0. The molecule has 0 N–H and O–H groups in total. The fourth-order valence-electron chi connectivity index (χ4n) is 1.33. The Morgan fingerprint density at radius 3 is 2.41 bits per heavy atom. The van der Waals surface area contributed by atoms with Crippen molar-refractivity contribution in [1.29, 1.82) is 0 Å². The smallest absolute Gasteiger partial charge is 0.333 e. The lowest BCUT2D eigenvalue weighted by molar-refractivity contribution is -0.866. The molecule has 0 aliphatic carbocycles. The van der Waals surface area contributed by atoms with Crippen LogP contribution in [0.3, 0.4) is 0 Å². The summed E-state index contributed by atoms with van der Waals surface area (Å²) in [5, 5.41) is 0. The number of quaternary nitrogens is 1. The van der Waals surface area contributed by atoms with Crippen LogP contribution in [0, 0.1) is 6.42 Å². The quantitative estimate of drug-likeness (QED) is 0.268. The minimum atomic E-state index is -0.276. The van der Waals surface area contributed by atoms with Crippen LogP contribution in [0.4, 0.5) is 0 Å². The topological polar surface area (TPSA) is 26.3 Å². The number of hydrogen-bond donors (Lipinski definition) is 0. The number of hydrogen-bond acceptors (Lipinski definition) is 2. The van der Waals surface area contributed by atoms with E-state index in [1.807, 2.05) is 0 Å². The molecule has 17 heavy (non-hydrogen) atoms. The Balaban J connectivity index is 3.25. The second-order valence-corrected chi connectivity index (χ2v) is 5.53. The van der Waals surface area contributed by atoms with Crippen molar-refractivity contribution < 1.29 is 14.0 Å². The third kappa shape index (κ3) is 11.4.